The standard InChI is InChI=1S/C22H20FN5O4S/c1-13(20(29)24-15-10-17(31-2)12-18(11-15)32-3)33-22-26-25-19-21(30)27(8-9-28(19)22)16-6-4-14(23)5-7-16/h4-13H,1-3H3,(H,24,29). The Morgan fingerprint density at radius 3 is 2.36 bits per heavy atom. The van der Waals surface area contributed by atoms with Crippen molar-refractivity contribution in [2.24, 2.45) is 0 Å². The molecule has 0 spiro atoms. The molecule has 0 aliphatic carbocycles. The summed E-state index contributed by atoms with van der Waals surface area (Å²) in [6, 6.07) is 10.6. The number of ether oxygens (including phenoxy) is 2. The Labute approximate surface area is 192 Å². The zero-order valence-corrected chi connectivity index (χ0v) is 18.8. The van der Waals surface area contributed by atoms with Crippen LogP contribution in [0.5, 0.6) is 11.5 Å². The molecule has 9 nitrogen and oxygen atoms in total. The maximum atomic E-state index is 13.2. The molecule has 1 atom stereocenters. The smallest absolute Gasteiger partial charge is 0.300 e. The molecule has 0 saturated heterocycles. The van der Waals surface area contributed by atoms with Crippen molar-refractivity contribution in [3.8, 4) is 17.2 Å². The fourth-order valence-corrected chi connectivity index (χ4v) is 3.92. The van der Waals surface area contributed by atoms with Gasteiger partial charge in [-0.15, -0.1) is 10.2 Å². The maximum absolute atomic E-state index is 13.2. The minimum Gasteiger partial charge on any atom is -0.497 e. The zero-order valence-electron chi connectivity index (χ0n) is 18.0. The molecule has 0 radical (unpaired) electrons. The summed E-state index contributed by atoms with van der Waals surface area (Å²) in [6.07, 6.45) is 3.17. The molecule has 1 unspecified atom stereocenters. The van der Waals surface area contributed by atoms with Crippen molar-refractivity contribution in [3.05, 3.63) is 71.0 Å². The highest BCUT2D eigenvalue weighted by molar-refractivity contribution is 8.00. The maximum Gasteiger partial charge on any atom is 0.300 e. The molecule has 0 aliphatic rings. The van der Waals surface area contributed by atoms with Gasteiger partial charge in [0.2, 0.25) is 11.6 Å². The highest BCUT2D eigenvalue weighted by Crippen LogP contribution is 2.27. The number of fused-ring (bicyclic) bond motifs is 1. The lowest BCUT2D eigenvalue weighted by Gasteiger charge is -2.13. The van der Waals surface area contributed by atoms with E-state index in [1.165, 1.54) is 47.5 Å². The number of nitrogens with zero attached hydrogens (tertiary/aromatic N) is 4. The van der Waals surface area contributed by atoms with E-state index in [1.54, 1.807) is 37.5 Å². The average Bonchev–Trinajstić information content (AvgIpc) is 3.23. The van der Waals surface area contributed by atoms with E-state index < -0.39 is 16.6 Å². The third kappa shape index (κ3) is 4.67. The van der Waals surface area contributed by atoms with Crippen LogP contribution in [-0.2, 0) is 4.79 Å². The number of rotatable bonds is 7. The van der Waals surface area contributed by atoms with E-state index in [0.717, 1.165) is 11.8 Å². The Balaban J connectivity index is 1.54. The second-order valence-electron chi connectivity index (χ2n) is 6.98. The molecule has 2 aromatic carbocycles. The first-order valence-corrected chi connectivity index (χ1v) is 10.7. The average molecular weight is 469 g/mol. The summed E-state index contributed by atoms with van der Waals surface area (Å²) >= 11 is 1.16. The Morgan fingerprint density at radius 1 is 1.06 bits per heavy atom. The molecule has 4 rings (SSSR count). The SMILES string of the molecule is COc1cc(NC(=O)C(C)Sc2nnc3c(=O)n(-c4ccc(F)cc4)ccn23)cc(OC)c1. The van der Waals surface area contributed by atoms with Gasteiger partial charge in [-0.3, -0.25) is 18.6 Å². The second kappa shape index (κ2) is 9.33. The van der Waals surface area contributed by atoms with E-state index in [1.807, 2.05) is 0 Å². The van der Waals surface area contributed by atoms with Crippen LogP contribution in [0.4, 0.5) is 10.1 Å². The molecule has 0 aliphatic heterocycles. The first-order chi connectivity index (χ1) is 15.9. The Hall–Kier alpha value is -3.86. The summed E-state index contributed by atoms with van der Waals surface area (Å²) in [5.74, 6) is 0.428. The monoisotopic (exact) mass is 469 g/mol. The number of aromatic nitrogens is 4. The predicted molar refractivity (Wildman–Crippen MR) is 122 cm³/mol. The Kier molecular flexibility index (Phi) is 6.31. The molecule has 0 bridgehead atoms. The van der Waals surface area contributed by atoms with Crippen LogP contribution in [0.2, 0.25) is 0 Å². The van der Waals surface area contributed by atoms with Gasteiger partial charge in [0.25, 0.3) is 0 Å². The van der Waals surface area contributed by atoms with Crippen molar-refractivity contribution in [1.82, 2.24) is 19.2 Å². The van der Waals surface area contributed by atoms with Crippen LogP contribution < -0.4 is 20.3 Å². The van der Waals surface area contributed by atoms with E-state index in [2.05, 4.69) is 15.5 Å². The topological polar surface area (TPSA) is 99.8 Å². The molecular formula is C22H20FN5O4S. The second-order valence-corrected chi connectivity index (χ2v) is 8.28. The van der Waals surface area contributed by atoms with Gasteiger partial charge in [0.1, 0.15) is 17.3 Å². The first kappa shape index (κ1) is 22.3. The van der Waals surface area contributed by atoms with Gasteiger partial charge < -0.3 is 14.8 Å². The number of carbonyl (C=O) groups is 1. The van der Waals surface area contributed by atoms with E-state index in [0.29, 0.717) is 28.0 Å². The summed E-state index contributed by atoms with van der Waals surface area (Å²) in [7, 11) is 3.05. The molecule has 170 valence electrons. The van der Waals surface area contributed by atoms with Gasteiger partial charge in [0.05, 0.1) is 19.5 Å². The van der Waals surface area contributed by atoms with Gasteiger partial charge in [-0.2, -0.15) is 0 Å². The van der Waals surface area contributed by atoms with E-state index >= 15 is 0 Å². The van der Waals surface area contributed by atoms with Crippen molar-refractivity contribution in [2.75, 3.05) is 19.5 Å². The first-order valence-electron chi connectivity index (χ1n) is 9.82. The number of nitrogens with one attached hydrogen (secondary N) is 1. The molecule has 1 N–H and O–H groups in total. The highest BCUT2D eigenvalue weighted by Gasteiger charge is 2.20. The summed E-state index contributed by atoms with van der Waals surface area (Å²) in [6.45, 7) is 1.72. The number of methoxy groups -OCH3 is 2. The molecule has 11 heteroatoms. The fourth-order valence-electron chi connectivity index (χ4n) is 3.09. The lowest BCUT2D eigenvalue weighted by molar-refractivity contribution is -0.115. The van der Waals surface area contributed by atoms with E-state index in [4.69, 9.17) is 9.47 Å². The van der Waals surface area contributed by atoms with Crippen molar-refractivity contribution >= 4 is 29.0 Å². The Morgan fingerprint density at radius 2 is 1.73 bits per heavy atom. The Bertz CT molecular complexity index is 1350. The molecule has 0 saturated carbocycles. The van der Waals surface area contributed by atoms with Crippen LogP contribution in [0.15, 0.2) is 64.8 Å². The molecular weight excluding hydrogens is 449 g/mol. The van der Waals surface area contributed by atoms with Gasteiger partial charge in [0, 0.05) is 42.0 Å². The number of benzene rings is 2. The molecule has 2 aromatic heterocycles. The number of carbonyl (C=O) groups excluding carboxylic acids is 1. The fraction of sp³-hybridized carbons (Fsp3) is 0.182. The third-order valence-electron chi connectivity index (χ3n) is 4.81. The normalized spacial score (nSPS) is 11.9. The van der Waals surface area contributed by atoms with E-state index in [-0.39, 0.29) is 11.6 Å². The molecule has 2 heterocycles. The number of halogens is 1. The summed E-state index contributed by atoms with van der Waals surface area (Å²) in [5, 5.41) is 10.7. The molecule has 1 amide bonds. The van der Waals surface area contributed by atoms with Crippen LogP contribution >= 0.6 is 11.8 Å². The highest BCUT2D eigenvalue weighted by atomic mass is 32.2. The lowest BCUT2D eigenvalue weighted by atomic mass is 10.2. The van der Waals surface area contributed by atoms with Crippen LogP contribution in [-0.4, -0.2) is 44.5 Å². The number of hydrogen-bond donors (Lipinski definition) is 1. The number of amides is 1. The predicted octanol–water partition coefficient (Wildman–Crippen LogP) is 3.16. The van der Waals surface area contributed by atoms with Crippen LogP contribution in [0.3, 0.4) is 0 Å². The van der Waals surface area contributed by atoms with Crippen molar-refractivity contribution in [1.29, 1.82) is 0 Å². The molecule has 0 fully saturated rings. The summed E-state index contributed by atoms with van der Waals surface area (Å²) < 4.78 is 26.5. The number of hydrogen-bond acceptors (Lipinski definition) is 7. The van der Waals surface area contributed by atoms with Gasteiger partial charge in [-0.25, -0.2) is 4.39 Å². The van der Waals surface area contributed by atoms with E-state index in [9.17, 15) is 14.0 Å². The summed E-state index contributed by atoms with van der Waals surface area (Å²) in [5.41, 5.74) is 0.706. The largest absolute Gasteiger partial charge is 0.497 e. The minimum absolute atomic E-state index is 0.0921. The lowest BCUT2D eigenvalue weighted by Crippen LogP contribution is -2.23. The molecule has 33 heavy (non-hydrogen) atoms. The third-order valence-corrected chi connectivity index (χ3v) is 5.87. The number of anilines is 1. The van der Waals surface area contributed by atoms with Gasteiger partial charge in [0.15, 0.2) is 5.16 Å². The van der Waals surface area contributed by atoms with Gasteiger partial charge >= 0.3 is 5.56 Å². The van der Waals surface area contributed by atoms with Crippen LogP contribution in [0.1, 0.15) is 6.92 Å². The van der Waals surface area contributed by atoms with Crippen molar-refractivity contribution in [3.63, 3.8) is 0 Å². The summed E-state index contributed by atoms with van der Waals surface area (Å²) in [4.78, 5) is 25.6. The minimum atomic E-state index is -0.547. The van der Waals surface area contributed by atoms with Crippen molar-refractivity contribution in [2.45, 2.75) is 17.3 Å². The molecule has 4 aromatic rings. The zero-order chi connectivity index (χ0) is 23.5. The van der Waals surface area contributed by atoms with Crippen LogP contribution in [0.25, 0.3) is 11.3 Å². The quantitative estimate of drug-likeness (QED) is 0.415. The number of thioether (sulfide) groups is 1. The van der Waals surface area contributed by atoms with Crippen molar-refractivity contribution < 1.29 is 18.7 Å². The van der Waals surface area contributed by atoms with Crippen LogP contribution in [0, 0.1) is 5.82 Å². The van der Waals surface area contributed by atoms with Gasteiger partial charge in [-0.1, -0.05) is 11.8 Å². The van der Waals surface area contributed by atoms with Gasteiger partial charge in [-0.05, 0) is 31.2 Å².